The number of hydrogen-bond donors (Lipinski definition) is 1. The molecule has 1 saturated carbocycles. The van der Waals surface area contributed by atoms with Crippen molar-refractivity contribution in [1.29, 1.82) is 0 Å². The Kier molecular flexibility index (Phi) is 6.23. The third kappa shape index (κ3) is 4.68. The molecule has 5 nitrogen and oxygen atoms in total. The van der Waals surface area contributed by atoms with E-state index in [9.17, 15) is 13.5 Å². The summed E-state index contributed by atoms with van der Waals surface area (Å²) in [7, 11) is -3.48. The lowest BCUT2D eigenvalue weighted by Crippen LogP contribution is -2.47. The maximum absolute atomic E-state index is 12.0. The van der Waals surface area contributed by atoms with Gasteiger partial charge in [0.25, 0.3) is 10.0 Å². The Hall–Kier alpha value is -0.620. The maximum Gasteiger partial charge on any atom is 0.262 e. The zero-order valence-electron chi connectivity index (χ0n) is 13.8. The molecule has 0 amide bonds. The highest BCUT2D eigenvalue weighted by atomic mass is 32.2. The van der Waals surface area contributed by atoms with Crippen LogP contribution in [0.4, 0.5) is 0 Å². The minimum atomic E-state index is -3.48. The Morgan fingerprint density at radius 3 is 2.48 bits per heavy atom. The summed E-state index contributed by atoms with van der Waals surface area (Å²) < 4.78 is 33.5. The van der Waals surface area contributed by atoms with Crippen molar-refractivity contribution in [2.24, 2.45) is 10.3 Å². The smallest absolute Gasteiger partial charge is 0.262 e. The average molecular weight is 319 g/mol. The number of sulfonamides is 1. The van der Waals surface area contributed by atoms with Crippen LogP contribution in [-0.2, 0) is 14.8 Å². The van der Waals surface area contributed by atoms with Crippen LogP contribution in [0, 0.1) is 5.92 Å². The van der Waals surface area contributed by atoms with Crippen LogP contribution in [0.15, 0.2) is 4.40 Å². The molecule has 1 aliphatic carbocycles. The van der Waals surface area contributed by atoms with Gasteiger partial charge < -0.3 is 9.84 Å². The van der Waals surface area contributed by atoms with E-state index in [0.717, 1.165) is 19.3 Å². The molecule has 3 atom stereocenters. The summed E-state index contributed by atoms with van der Waals surface area (Å²) in [6.07, 6.45) is 3.75. The monoisotopic (exact) mass is 319 g/mol. The normalized spacial score (nSPS) is 34.0. The summed E-state index contributed by atoms with van der Waals surface area (Å²) in [5.41, 5.74) is -0.747. The predicted molar refractivity (Wildman–Crippen MR) is 84.9 cm³/mol. The second-order valence-electron chi connectivity index (χ2n) is 6.24. The molecule has 0 radical (unpaired) electrons. The van der Waals surface area contributed by atoms with Crippen molar-refractivity contribution < 1.29 is 18.3 Å². The van der Waals surface area contributed by atoms with Crippen LogP contribution in [0.5, 0.6) is 0 Å². The first kappa shape index (κ1) is 18.4. The van der Waals surface area contributed by atoms with Gasteiger partial charge in [-0.1, -0.05) is 20.3 Å². The van der Waals surface area contributed by atoms with Crippen molar-refractivity contribution >= 4 is 15.9 Å². The summed E-state index contributed by atoms with van der Waals surface area (Å²) in [4.78, 5) is 0. The van der Waals surface area contributed by atoms with E-state index in [1.54, 1.807) is 20.8 Å². The Labute approximate surface area is 128 Å². The van der Waals surface area contributed by atoms with Crippen molar-refractivity contribution in [3.63, 3.8) is 0 Å². The van der Waals surface area contributed by atoms with Gasteiger partial charge in [-0.05, 0) is 46.0 Å². The fourth-order valence-electron chi connectivity index (χ4n) is 2.76. The first-order valence-corrected chi connectivity index (χ1v) is 9.41. The fourth-order valence-corrected chi connectivity index (χ4v) is 4.08. The molecular weight excluding hydrogens is 290 g/mol. The molecule has 0 bridgehead atoms. The topological polar surface area (TPSA) is 76.0 Å². The first-order valence-electron chi connectivity index (χ1n) is 7.90. The number of aliphatic hydroxyl groups is 1. The third-order valence-corrected chi connectivity index (χ3v) is 6.17. The molecule has 21 heavy (non-hydrogen) atoms. The van der Waals surface area contributed by atoms with Crippen molar-refractivity contribution in [1.82, 2.24) is 0 Å². The molecule has 0 spiro atoms. The van der Waals surface area contributed by atoms with Crippen LogP contribution in [0.3, 0.4) is 0 Å². The molecule has 6 heteroatoms. The third-order valence-electron chi connectivity index (χ3n) is 4.25. The summed E-state index contributed by atoms with van der Waals surface area (Å²) in [5, 5.41) is 9.02. The molecule has 1 fully saturated rings. The Morgan fingerprint density at radius 1 is 1.33 bits per heavy atom. The average Bonchev–Trinajstić information content (AvgIpc) is 2.37. The molecule has 1 heterocycles. The van der Waals surface area contributed by atoms with Gasteiger partial charge in [0.2, 0.25) is 5.90 Å². The molecule has 1 N–H and O–H groups in total. The number of ether oxygens (including phenoxy) is 1. The standard InChI is InChI=1S/C13H23NO4S.C2H6/c1-9-13(2,3)18-12(14-19(9,16)17)8-10-5-4-6-11(15)7-10;1-2/h9-11,15H,4-8H2,1-3H3;1-2H3/t9?,10-,11-;/m0./s1. The molecular formula is C15H29NO4S. The van der Waals surface area contributed by atoms with E-state index in [4.69, 9.17) is 4.74 Å². The lowest BCUT2D eigenvalue weighted by Gasteiger charge is -2.36. The second kappa shape index (κ2) is 7.09. The minimum absolute atomic E-state index is 0.266. The molecule has 124 valence electrons. The van der Waals surface area contributed by atoms with Gasteiger partial charge in [0, 0.05) is 6.42 Å². The van der Waals surface area contributed by atoms with E-state index < -0.39 is 20.9 Å². The fraction of sp³-hybridized carbons (Fsp3) is 0.933. The van der Waals surface area contributed by atoms with Crippen LogP contribution < -0.4 is 0 Å². The highest BCUT2D eigenvalue weighted by Gasteiger charge is 2.43. The van der Waals surface area contributed by atoms with Gasteiger partial charge in [-0.15, -0.1) is 4.40 Å². The Balaban J connectivity index is 0.00000106. The van der Waals surface area contributed by atoms with Gasteiger partial charge in [-0.2, -0.15) is 0 Å². The van der Waals surface area contributed by atoms with Gasteiger partial charge >= 0.3 is 0 Å². The molecule has 1 aliphatic heterocycles. The van der Waals surface area contributed by atoms with Gasteiger partial charge in [-0.25, -0.2) is 8.42 Å². The number of nitrogens with zero attached hydrogens (tertiary/aromatic N) is 1. The lowest BCUT2D eigenvalue weighted by atomic mass is 9.85. The molecule has 2 aliphatic rings. The number of hydrogen-bond acceptors (Lipinski definition) is 4. The van der Waals surface area contributed by atoms with E-state index in [-0.39, 0.29) is 12.0 Å². The van der Waals surface area contributed by atoms with Crippen LogP contribution in [0.25, 0.3) is 0 Å². The van der Waals surface area contributed by atoms with Crippen molar-refractivity contribution in [3.05, 3.63) is 0 Å². The maximum atomic E-state index is 12.0. The Morgan fingerprint density at radius 2 is 1.95 bits per heavy atom. The van der Waals surface area contributed by atoms with Crippen LogP contribution in [0.2, 0.25) is 0 Å². The Bertz CT molecular complexity index is 470. The van der Waals surface area contributed by atoms with Crippen molar-refractivity contribution in [2.45, 2.75) is 83.7 Å². The van der Waals surface area contributed by atoms with Gasteiger partial charge in [0.15, 0.2) is 0 Å². The summed E-state index contributed by atoms with van der Waals surface area (Å²) in [5.74, 6) is 0.573. The van der Waals surface area contributed by atoms with E-state index in [1.165, 1.54) is 0 Å². The predicted octanol–water partition coefficient (Wildman–Crippen LogP) is 2.88. The minimum Gasteiger partial charge on any atom is -0.473 e. The summed E-state index contributed by atoms with van der Waals surface area (Å²) in [6, 6.07) is 0. The molecule has 1 unspecified atom stereocenters. The van der Waals surface area contributed by atoms with E-state index in [2.05, 4.69) is 4.40 Å². The molecule has 0 aromatic rings. The zero-order chi connectivity index (χ0) is 16.3. The molecule has 0 saturated heterocycles. The van der Waals surface area contributed by atoms with Gasteiger partial charge in [0.1, 0.15) is 10.9 Å². The van der Waals surface area contributed by atoms with E-state index >= 15 is 0 Å². The highest BCUT2D eigenvalue weighted by molar-refractivity contribution is 7.91. The van der Waals surface area contributed by atoms with Crippen molar-refractivity contribution in [3.8, 4) is 0 Å². The van der Waals surface area contributed by atoms with E-state index in [1.807, 2.05) is 13.8 Å². The number of aliphatic hydroxyl groups excluding tert-OH is 1. The quantitative estimate of drug-likeness (QED) is 0.849. The summed E-state index contributed by atoms with van der Waals surface area (Å²) >= 11 is 0. The highest BCUT2D eigenvalue weighted by Crippen LogP contribution is 2.32. The van der Waals surface area contributed by atoms with E-state index in [0.29, 0.717) is 18.7 Å². The largest absolute Gasteiger partial charge is 0.473 e. The van der Waals surface area contributed by atoms with Crippen molar-refractivity contribution in [2.75, 3.05) is 0 Å². The zero-order valence-corrected chi connectivity index (χ0v) is 14.6. The van der Waals surface area contributed by atoms with Gasteiger partial charge in [-0.3, -0.25) is 0 Å². The molecule has 2 rings (SSSR count). The van der Waals surface area contributed by atoms with Crippen LogP contribution in [0.1, 0.15) is 66.7 Å². The van der Waals surface area contributed by atoms with Gasteiger partial charge in [0.05, 0.1) is 6.10 Å². The SMILES string of the molecule is CC.CC1C(C)(C)OC(C[C@H]2CCC[C@H](O)C2)=NS1(=O)=O. The number of rotatable bonds is 2. The first-order chi connectivity index (χ1) is 9.71. The lowest BCUT2D eigenvalue weighted by molar-refractivity contribution is 0.0742. The summed E-state index contributed by atoms with van der Waals surface area (Å²) in [6.45, 7) is 9.18. The van der Waals surface area contributed by atoms with Crippen LogP contribution in [-0.4, -0.2) is 36.4 Å². The van der Waals surface area contributed by atoms with Crippen LogP contribution >= 0.6 is 0 Å². The molecule has 0 aromatic heterocycles. The molecule has 0 aromatic carbocycles. The second-order valence-corrected chi connectivity index (χ2v) is 8.16.